The van der Waals surface area contributed by atoms with Crippen molar-refractivity contribution in [1.82, 2.24) is 4.98 Å². The number of carbonyl (C=O) groups is 1. The SMILES string of the molecule is Cc1ccc(NC(=O)c2ccc(CS(C)(=O)=O)cc2)nc1. The van der Waals surface area contributed by atoms with Crippen LogP contribution in [0.15, 0.2) is 42.6 Å². The van der Waals surface area contributed by atoms with Crippen LogP contribution in [0, 0.1) is 6.92 Å². The van der Waals surface area contributed by atoms with Gasteiger partial charge in [-0.15, -0.1) is 0 Å². The molecule has 1 heterocycles. The molecule has 0 bridgehead atoms. The zero-order valence-electron chi connectivity index (χ0n) is 11.8. The molecule has 110 valence electrons. The number of hydrogen-bond donors (Lipinski definition) is 1. The van der Waals surface area contributed by atoms with Crippen LogP contribution in [-0.4, -0.2) is 25.6 Å². The Morgan fingerprint density at radius 2 is 1.81 bits per heavy atom. The van der Waals surface area contributed by atoms with Crippen molar-refractivity contribution in [2.24, 2.45) is 0 Å². The highest BCUT2D eigenvalue weighted by molar-refractivity contribution is 7.89. The second kappa shape index (κ2) is 6.05. The van der Waals surface area contributed by atoms with Gasteiger partial charge in [0.2, 0.25) is 0 Å². The topological polar surface area (TPSA) is 76.1 Å². The van der Waals surface area contributed by atoms with Gasteiger partial charge in [-0.1, -0.05) is 18.2 Å². The summed E-state index contributed by atoms with van der Waals surface area (Å²) in [6, 6.07) is 10.1. The standard InChI is InChI=1S/C15H16N2O3S/c1-11-3-8-14(16-9-11)17-15(18)13-6-4-12(5-7-13)10-21(2,19)20/h3-9H,10H2,1-2H3,(H,16,17,18). The van der Waals surface area contributed by atoms with Crippen molar-refractivity contribution in [2.75, 3.05) is 11.6 Å². The van der Waals surface area contributed by atoms with Gasteiger partial charge in [-0.05, 0) is 36.2 Å². The molecule has 2 aromatic rings. The van der Waals surface area contributed by atoms with Gasteiger partial charge in [0.1, 0.15) is 5.82 Å². The van der Waals surface area contributed by atoms with Crippen molar-refractivity contribution in [3.63, 3.8) is 0 Å². The third kappa shape index (κ3) is 4.68. The number of anilines is 1. The number of rotatable bonds is 4. The number of aromatic nitrogens is 1. The minimum Gasteiger partial charge on any atom is -0.307 e. The van der Waals surface area contributed by atoms with Crippen LogP contribution >= 0.6 is 0 Å². The van der Waals surface area contributed by atoms with Gasteiger partial charge in [0.25, 0.3) is 5.91 Å². The van der Waals surface area contributed by atoms with E-state index < -0.39 is 9.84 Å². The predicted octanol–water partition coefficient (Wildman–Crippen LogP) is 2.19. The van der Waals surface area contributed by atoms with E-state index in [9.17, 15) is 13.2 Å². The van der Waals surface area contributed by atoms with Crippen molar-refractivity contribution in [3.8, 4) is 0 Å². The van der Waals surface area contributed by atoms with E-state index in [1.54, 1.807) is 36.5 Å². The lowest BCUT2D eigenvalue weighted by Crippen LogP contribution is -2.13. The molecule has 0 spiro atoms. The van der Waals surface area contributed by atoms with Crippen LogP contribution in [0.3, 0.4) is 0 Å². The summed E-state index contributed by atoms with van der Waals surface area (Å²) < 4.78 is 22.4. The molecule has 0 radical (unpaired) electrons. The van der Waals surface area contributed by atoms with Crippen LogP contribution in [0.2, 0.25) is 0 Å². The van der Waals surface area contributed by atoms with Gasteiger partial charge in [0.15, 0.2) is 9.84 Å². The molecule has 1 amide bonds. The maximum atomic E-state index is 12.0. The first-order valence-corrected chi connectivity index (χ1v) is 8.40. The van der Waals surface area contributed by atoms with Crippen molar-refractivity contribution in [1.29, 1.82) is 0 Å². The van der Waals surface area contributed by atoms with Crippen LogP contribution < -0.4 is 5.32 Å². The first-order valence-electron chi connectivity index (χ1n) is 6.34. The molecular formula is C15H16N2O3S. The number of aryl methyl sites for hydroxylation is 1. The Labute approximate surface area is 124 Å². The van der Waals surface area contributed by atoms with Crippen LogP contribution in [0.5, 0.6) is 0 Å². The number of carbonyl (C=O) groups excluding carboxylic acids is 1. The first-order chi connectivity index (χ1) is 9.83. The van der Waals surface area contributed by atoms with Crippen molar-refractivity contribution >= 4 is 21.6 Å². The summed E-state index contributed by atoms with van der Waals surface area (Å²) in [7, 11) is -3.07. The molecule has 6 heteroatoms. The average molecular weight is 304 g/mol. The predicted molar refractivity (Wildman–Crippen MR) is 81.9 cm³/mol. The van der Waals surface area contributed by atoms with Crippen LogP contribution in [0.25, 0.3) is 0 Å². The molecule has 1 aromatic heterocycles. The first kappa shape index (κ1) is 15.2. The Balaban J connectivity index is 2.08. The van der Waals surface area contributed by atoms with Crippen LogP contribution in [0.4, 0.5) is 5.82 Å². The van der Waals surface area contributed by atoms with E-state index in [0.717, 1.165) is 5.56 Å². The normalized spacial score (nSPS) is 11.1. The quantitative estimate of drug-likeness (QED) is 0.939. The molecule has 0 saturated carbocycles. The molecule has 5 nitrogen and oxygen atoms in total. The monoisotopic (exact) mass is 304 g/mol. The van der Waals surface area contributed by atoms with Gasteiger partial charge in [-0.2, -0.15) is 0 Å². The number of sulfone groups is 1. The van der Waals surface area contributed by atoms with Gasteiger partial charge in [0, 0.05) is 18.0 Å². The van der Waals surface area contributed by atoms with E-state index in [4.69, 9.17) is 0 Å². The molecule has 0 fully saturated rings. The fourth-order valence-corrected chi connectivity index (χ4v) is 2.58. The van der Waals surface area contributed by atoms with E-state index in [-0.39, 0.29) is 11.7 Å². The third-order valence-electron chi connectivity index (χ3n) is 2.80. The van der Waals surface area contributed by atoms with Gasteiger partial charge < -0.3 is 5.32 Å². The third-order valence-corrected chi connectivity index (χ3v) is 3.66. The van der Waals surface area contributed by atoms with Gasteiger partial charge in [-0.25, -0.2) is 13.4 Å². The summed E-state index contributed by atoms with van der Waals surface area (Å²) >= 11 is 0. The summed E-state index contributed by atoms with van der Waals surface area (Å²) in [6.07, 6.45) is 2.85. The summed E-state index contributed by atoms with van der Waals surface area (Å²) in [5, 5.41) is 2.68. The highest BCUT2D eigenvalue weighted by Gasteiger charge is 2.08. The number of amides is 1. The largest absolute Gasteiger partial charge is 0.307 e. The average Bonchev–Trinajstić information content (AvgIpc) is 2.40. The molecule has 0 aliphatic heterocycles. The molecule has 1 N–H and O–H groups in total. The Morgan fingerprint density at radius 1 is 1.14 bits per heavy atom. The Hall–Kier alpha value is -2.21. The molecule has 2 rings (SSSR count). The molecule has 0 unspecified atom stereocenters. The maximum absolute atomic E-state index is 12.0. The summed E-state index contributed by atoms with van der Waals surface area (Å²) in [5.41, 5.74) is 2.12. The van der Waals surface area contributed by atoms with E-state index in [1.165, 1.54) is 6.26 Å². The van der Waals surface area contributed by atoms with Crippen molar-refractivity contribution in [2.45, 2.75) is 12.7 Å². The summed E-state index contributed by atoms with van der Waals surface area (Å²) in [4.78, 5) is 16.1. The molecule has 0 atom stereocenters. The molecule has 21 heavy (non-hydrogen) atoms. The van der Waals surface area contributed by atoms with Gasteiger partial charge in [0.05, 0.1) is 5.75 Å². The van der Waals surface area contributed by atoms with Crippen LogP contribution in [0.1, 0.15) is 21.5 Å². The Kier molecular flexibility index (Phi) is 4.37. The minimum absolute atomic E-state index is 0.0333. The molecular weight excluding hydrogens is 288 g/mol. The van der Waals surface area contributed by atoms with E-state index in [1.807, 2.05) is 13.0 Å². The Bertz CT molecular complexity index is 735. The van der Waals surface area contributed by atoms with Gasteiger partial charge in [-0.3, -0.25) is 4.79 Å². The van der Waals surface area contributed by atoms with Crippen molar-refractivity contribution < 1.29 is 13.2 Å². The molecule has 0 aliphatic carbocycles. The minimum atomic E-state index is -3.07. The summed E-state index contributed by atoms with van der Waals surface area (Å²) in [6.45, 7) is 1.92. The smallest absolute Gasteiger partial charge is 0.256 e. The number of nitrogens with zero attached hydrogens (tertiary/aromatic N) is 1. The highest BCUT2D eigenvalue weighted by atomic mass is 32.2. The lowest BCUT2D eigenvalue weighted by atomic mass is 10.1. The number of pyridine rings is 1. The van der Waals surface area contributed by atoms with E-state index in [2.05, 4.69) is 10.3 Å². The van der Waals surface area contributed by atoms with Crippen LogP contribution in [-0.2, 0) is 15.6 Å². The Morgan fingerprint density at radius 3 is 2.33 bits per heavy atom. The fraction of sp³-hybridized carbons (Fsp3) is 0.200. The lowest BCUT2D eigenvalue weighted by molar-refractivity contribution is 0.102. The van der Waals surface area contributed by atoms with E-state index >= 15 is 0 Å². The maximum Gasteiger partial charge on any atom is 0.256 e. The zero-order valence-corrected chi connectivity index (χ0v) is 12.6. The highest BCUT2D eigenvalue weighted by Crippen LogP contribution is 2.10. The van der Waals surface area contributed by atoms with E-state index in [0.29, 0.717) is 16.9 Å². The second-order valence-electron chi connectivity index (χ2n) is 4.94. The second-order valence-corrected chi connectivity index (χ2v) is 7.08. The molecule has 1 aromatic carbocycles. The number of hydrogen-bond acceptors (Lipinski definition) is 4. The molecule has 0 saturated heterocycles. The lowest BCUT2D eigenvalue weighted by Gasteiger charge is -2.05. The fourth-order valence-electron chi connectivity index (χ4n) is 1.79. The van der Waals surface area contributed by atoms with Gasteiger partial charge >= 0.3 is 0 Å². The summed E-state index contributed by atoms with van der Waals surface area (Å²) in [5.74, 6) is 0.164. The number of nitrogens with one attached hydrogen (secondary N) is 1. The zero-order chi connectivity index (χ0) is 15.5. The number of benzene rings is 1. The molecule has 0 aliphatic rings. The van der Waals surface area contributed by atoms with Crippen molar-refractivity contribution in [3.05, 3.63) is 59.3 Å².